The fraction of sp³-hybridized carbons (Fsp3) is 0.333. The van der Waals surface area contributed by atoms with E-state index < -0.39 is 12.6 Å². The second kappa shape index (κ2) is 9.06. The lowest BCUT2D eigenvalue weighted by molar-refractivity contribution is -0.127. The first kappa shape index (κ1) is 23.4. The van der Waals surface area contributed by atoms with Crippen LogP contribution >= 0.6 is 0 Å². The number of aromatic amines is 1. The number of halogens is 3. The number of H-pyrrole nitrogens is 1. The molecule has 170 valence electrons. The molecule has 3 aromatic rings. The molecule has 2 aromatic heterocycles. The largest absolute Gasteiger partial charge is 0.393 e. The first-order chi connectivity index (χ1) is 14.9. The molecule has 0 bridgehead atoms. The zero-order chi connectivity index (χ0) is 23.6. The first-order valence-electron chi connectivity index (χ1n) is 10.2. The molecular formula is C24H26F3N3O2. The molecule has 2 heterocycles. The number of rotatable bonds is 6. The fourth-order valence-electron chi connectivity index (χ4n) is 3.88. The molecule has 0 saturated heterocycles. The molecule has 0 unspecified atom stereocenters. The summed E-state index contributed by atoms with van der Waals surface area (Å²) in [6, 6.07) is 8.15. The molecule has 3 rings (SSSR count). The third-order valence-corrected chi connectivity index (χ3v) is 5.46. The van der Waals surface area contributed by atoms with Crippen molar-refractivity contribution in [3.63, 3.8) is 0 Å². The standard InChI is InChI=1S/C24H26F3N3O2/c1-14-9-16(3)29-22(31)20(14)11-28-23(32)21-15(2)12-30(17(21)4)13-19-7-5-18(6-8-19)10-24(25,26)27/h5-9,12H,10-11,13H2,1-4H3,(H,28,32)(H,29,31). The van der Waals surface area contributed by atoms with Crippen molar-refractivity contribution in [1.29, 1.82) is 0 Å². The average molecular weight is 445 g/mol. The van der Waals surface area contributed by atoms with Crippen LogP contribution in [0.5, 0.6) is 0 Å². The highest BCUT2D eigenvalue weighted by molar-refractivity contribution is 5.96. The summed E-state index contributed by atoms with van der Waals surface area (Å²) in [4.78, 5) is 27.8. The number of alkyl halides is 3. The number of nitrogens with one attached hydrogen (secondary N) is 2. The van der Waals surface area contributed by atoms with Gasteiger partial charge in [0.2, 0.25) is 0 Å². The summed E-state index contributed by atoms with van der Waals surface area (Å²) in [5, 5.41) is 2.83. The van der Waals surface area contributed by atoms with Gasteiger partial charge in [0, 0.05) is 36.2 Å². The van der Waals surface area contributed by atoms with E-state index in [0.717, 1.165) is 28.1 Å². The van der Waals surface area contributed by atoms with Crippen molar-refractivity contribution >= 4 is 5.91 Å². The van der Waals surface area contributed by atoms with Gasteiger partial charge in [0.25, 0.3) is 11.5 Å². The van der Waals surface area contributed by atoms with E-state index in [-0.39, 0.29) is 23.6 Å². The number of hydrogen-bond acceptors (Lipinski definition) is 2. The third kappa shape index (κ3) is 5.49. The van der Waals surface area contributed by atoms with Gasteiger partial charge in [-0.1, -0.05) is 24.3 Å². The molecule has 0 atom stereocenters. The Morgan fingerprint density at radius 2 is 1.66 bits per heavy atom. The predicted molar refractivity (Wildman–Crippen MR) is 117 cm³/mol. The van der Waals surface area contributed by atoms with Crippen LogP contribution in [-0.4, -0.2) is 21.6 Å². The van der Waals surface area contributed by atoms with Gasteiger partial charge in [-0.2, -0.15) is 13.2 Å². The number of nitrogens with zero attached hydrogens (tertiary/aromatic N) is 1. The van der Waals surface area contributed by atoms with Crippen molar-refractivity contribution < 1.29 is 18.0 Å². The highest BCUT2D eigenvalue weighted by Gasteiger charge is 2.27. The van der Waals surface area contributed by atoms with Crippen LogP contribution in [0.4, 0.5) is 13.2 Å². The van der Waals surface area contributed by atoms with E-state index in [1.165, 1.54) is 12.1 Å². The van der Waals surface area contributed by atoms with Crippen LogP contribution in [0.3, 0.4) is 0 Å². The van der Waals surface area contributed by atoms with Gasteiger partial charge in [-0.15, -0.1) is 0 Å². The highest BCUT2D eigenvalue weighted by Crippen LogP contribution is 2.22. The molecule has 5 nitrogen and oxygen atoms in total. The van der Waals surface area contributed by atoms with E-state index >= 15 is 0 Å². The Morgan fingerprint density at radius 1 is 1.03 bits per heavy atom. The minimum Gasteiger partial charge on any atom is -0.348 e. The van der Waals surface area contributed by atoms with Gasteiger partial charge in [-0.3, -0.25) is 9.59 Å². The lowest BCUT2D eigenvalue weighted by Gasteiger charge is -2.11. The summed E-state index contributed by atoms with van der Waals surface area (Å²) in [6.45, 7) is 7.83. The number of carbonyl (C=O) groups excluding carboxylic acids is 1. The van der Waals surface area contributed by atoms with E-state index in [4.69, 9.17) is 0 Å². The van der Waals surface area contributed by atoms with Gasteiger partial charge in [0.1, 0.15) is 0 Å². The number of hydrogen-bond donors (Lipinski definition) is 2. The summed E-state index contributed by atoms with van der Waals surface area (Å²) < 4.78 is 39.5. The van der Waals surface area contributed by atoms with Crippen molar-refractivity contribution in [3.05, 3.63) is 91.7 Å². The molecule has 8 heteroatoms. The minimum absolute atomic E-state index is 0.116. The molecular weight excluding hydrogens is 419 g/mol. The molecule has 0 radical (unpaired) electrons. The van der Waals surface area contributed by atoms with Gasteiger partial charge in [0.05, 0.1) is 12.0 Å². The van der Waals surface area contributed by atoms with Crippen molar-refractivity contribution in [2.45, 2.75) is 53.4 Å². The van der Waals surface area contributed by atoms with Crippen LogP contribution in [0.2, 0.25) is 0 Å². The Bertz CT molecular complexity index is 1190. The Labute approximate surface area is 184 Å². The maximum atomic E-state index is 12.8. The van der Waals surface area contributed by atoms with Crippen molar-refractivity contribution in [2.75, 3.05) is 0 Å². The van der Waals surface area contributed by atoms with E-state index in [1.54, 1.807) is 19.1 Å². The van der Waals surface area contributed by atoms with Crippen molar-refractivity contribution in [2.24, 2.45) is 0 Å². The molecule has 2 N–H and O–H groups in total. The van der Waals surface area contributed by atoms with E-state index in [2.05, 4.69) is 10.3 Å². The maximum Gasteiger partial charge on any atom is 0.393 e. The van der Waals surface area contributed by atoms with Crippen LogP contribution in [0, 0.1) is 27.7 Å². The average Bonchev–Trinajstić information content (AvgIpc) is 2.94. The van der Waals surface area contributed by atoms with Gasteiger partial charge in [-0.25, -0.2) is 0 Å². The Balaban J connectivity index is 1.73. The van der Waals surface area contributed by atoms with Gasteiger partial charge < -0.3 is 14.9 Å². The normalized spacial score (nSPS) is 11.6. The van der Waals surface area contributed by atoms with Crippen molar-refractivity contribution in [3.8, 4) is 0 Å². The Morgan fingerprint density at radius 3 is 2.25 bits per heavy atom. The quantitative estimate of drug-likeness (QED) is 0.587. The number of aryl methyl sites for hydroxylation is 3. The zero-order valence-electron chi connectivity index (χ0n) is 18.5. The minimum atomic E-state index is -4.24. The smallest absolute Gasteiger partial charge is 0.348 e. The first-order valence-corrected chi connectivity index (χ1v) is 10.2. The van der Waals surface area contributed by atoms with Gasteiger partial charge in [-0.05, 0) is 56.0 Å². The molecule has 0 aliphatic carbocycles. The molecule has 0 spiro atoms. The van der Waals surface area contributed by atoms with E-state index in [1.807, 2.05) is 37.6 Å². The lowest BCUT2D eigenvalue weighted by Crippen LogP contribution is -2.28. The number of aromatic nitrogens is 2. The molecule has 1 amide bonds. The van der Waals surface area contributed by atoms with Crippen LogP contribution < -0.4 is 10.9 Å². The van der Waals surface area contributed by atoms with Gasteiger partial charge in [0.15, 0.2) is 0 Å². The Kier molecular flexibility index (Phi) is 6.62. The van der Waals surface area contributed by atoms with Crippen LogP contribution in [-0.2, 0) is 19.5 Å². The number of carbonyl (C=O) groups is 1. The Hall–Kier alpha value is -3.29. The molecule has 0 aliphatic heterocycles. The van der Waals surface area contributed by atoms with Crippen LogP contribution in [0.15, 0.2) is 41.3 Å². The molecule has 1 aromatic carbocycles. The number of pyridine rings is 1. The van der Waals surface area contributed by atoms with Crippen molar-refractivity contribution in [1.82, 2.24) is 14.9 Å². The van der Waals surface area contributed by atoms with E-state index in [0.29, 0.717) is 17.7 Å². The zero-order valence-corrected chi connectivity index (χ0v) is 18.5. The fourth-order valence-corrected chi connectivity index (χ4v) is 3.88. The molecule has 32 heavy (non-hydrogen) atoms. The summed E-state index contributed by atoms with van der Waals surface area (Å²) in [5.41, 5.74) is 4.97. The predicted octanol–water partition coefficient (Wildman–Crippen LogP) is 4.49. The van der Waals surface area contributed by atoms with Crippen LogP contribution in [0.1, 0.15) is 49.6 Å². The van der Waals surface area contributed by atoms with Gasteiger partial charge >= 0.3 is 6.18 Å². The molecule has 0 saturated carbocycles. The molecule has 0 fully saturated rings. The second-order valence-corrected chi connectivity index (χ2v) is 8.13. The number of amides is 1. The number of benzene rings is 1. The summed E-state index contributed by atoms with van der Waals surface area (Å²) in [5.74, 6) is -0.279. The van der Waals surface area contributed by atoms with Crippen LogP contribution in [0.25, 0.3) is 0 Å². The summed E-state index contributed by atoms with van der Waals surface area (Å²) in [7, 11) is 0. The monoisotopic (exact) mass is 445 g/mol. The summed E-state index contributed by atoms with van der Waals surface area (Å²) >= 11 is 0. The lowest BCUT2D eigenvalue weighted by atomic mass is 10.1. The highest BCUT2D eigenvalue weighted by atomic mass is 19.4. The van der Waals surface area contributed by atoms with E-state index in [9.17, 15) is 22.8 Å². The topological polar surface area (TPSA) is 66.9 Å². The summed E-state index contributed by atoms with van der Waals surface area (Å²) in [6.07, 6.45) is -3.35. The molecule has 0 aliphatic rings. The maximum absolute atomic E-state index is 12.8. The third-order valence-electron chi connectivity index (χ3n) is 5.46. The second-order valence-electron chi connectivity index (χ2n) is 8.13. The SMILES string of the molecule is Cc1cc(C)c(CNC(=O)c2c(C)cn(Cc3ccc(CC(F)(F)F)cc3)c2C)c(=O)[nH]1.